The molecule has 1 atom stereocenters. The Morgan fingerprint density at radius 1 is 1.06 bits per heavy atom. The molecule has 1 N–H and O–H groups in total. The number of anilines is 1. The third kappa shape index (κ3) is 3.62. The summed E-state index contributed by atoms with van der Waals surface area (Å²) >= 11 is 1.20. The lowest BCUT2D eigenvalue weighted by molar-refractivity contribution is -0.117. The molecule has 0 fully saturated rings. The van der Waals surface area contributed by atoms with Crippen molar-refractivity contribution in [2.45, 2.75) is 19.9 Å². The molecule has 4 aromatic rings. The molecule has 1 aliphatic heterocycles. The predicted octanol–water partition coefficient (Wildman–Crippen LogP) is 5.94. The number of aliphatic hydroxyl groups is 1. The normalized spacial score (nSPS) is 15.9. The monoisotopic (exact) mass is 474 g/mol. The molecule has 1 aliphatic rings. The zero-order valence-electron chi connectivity index (χ0n) is 18.3. The number of halogens is 1. The number of furan rings is 1. The van der Waals surface area contributed by atoms with E-state index < -0.39 is 29.3 Å². The van der Waals surface area contributed by atoms with Gasteiger partial charge in [0.2, 0.25) is 5.78 Å². The first-order valence-electron chi connectivity index (χ1n) is 10.5. The summed E-state index contributed by atoms with van der Waals surface area (Å²) in [5.41, 5.74) is 1.58. The van der Waals surface area contributed by atoms with Crippen molar-refractivity contribution in [3.05, 3.63) is 106 Å². The van der Waals surface area contributed by atoms with Gasteiger partial charge in [0, 0.05) is 11.3 Å². The Morgan fingerprint density at radius 3 is 2.41 bits per heavy atom. The third-order valence-corrected chi connectivity index (χ3v) is 6.82. The molecule has 5 rings (SSSR count). The van der Waals surface area contributed by atoms with Gasteiger partial charge in [0.25, 0.3) is 5.91 Å². The summed E-state index contributed by atoms with van der Waals surface area (Å²) in [6.07, 6.45) is 0. The van der Waals surface area contributed by atoms with E-state index in [-0.39, 0.29) is 5.57 Å². The second-order valence-electron chi connectivity index (χ2n) is 7.89. The Hall–Kier alpha value is -4.04. The Kier molecular flexibility index (Phi) is 5.37. The number of carbonyl (C=O) groups is 2. The molecule has 34 heavy (non-hydrogen) atoms. The van der Waals surface area contributed by atoms with Gasteiger partial charge in [-0.3, -0.25) is 14.5 Å². The number of carbonyl (C=O) groups excluding carboxylic acids is 2. The van der Waals surface area contributed by atoms with Crippen LogP contribution in [0, 0.1) is 19.7 Å². The van der Waals surface area contributed by atoms with Crippen LogP contribution in [0.1, 0.15) is 32.9 Å². The van der Waals surface area contributed by atoms with Crippen LogP contribution < -0.4 is 4.90 Å². The fourth-order valence-corrected chi connectivity index (χ4v) is 5.03. The van der Waals surface area contributed by atoms with Gasteiger partial charge in [-0.15, -0.1) is 11.3 Å². The summed E-state index contributed by atoms with van der Waals surface area (Å²) in [5.74, 6) is -1.51. The zero-order chi connectivity index (χ0) is 24.0. The number of benzene rings is 2. The lowest BCUT2D eigenvalue weighted by atomic mass is 9.99. The fraction of sp³-hybridized carbons (Fsp3) is 0.115. The van der Waals surface area contributed by atoms with Gasteiger partial charge in [0.15, 0.2) is 5.76 Å². The van der Waals surface area contributed by atoms with Crippen LogP contribution in [-0.4, -0.2) is 21.8 Å². The van der Waals surface area contributed by atoms with Gasteiger partial charge < -0.3 is 9.52 Å². The molecule has 0 bridgehead atoms. The first-order valence-corrected chi connectivity index (χ1v) is 11.3. The van der Waals surface area contributed by atoms with Crippen LogP contribution in [-0.2, 0) is 4.79 Å². The van der Waals surface area contributed by atoms with Crippen LogP contribution in [0.25, 0.3) is 10.6 Å². The standard InChI is InChI=1S/C26H19FN2O4S/c1-14-8-13-19(33-14)21-20(23(31)26(32)29(21)18-11-9-17(27)10-12-18)22(30)24-15(2)28-25(34-24)16-6-4-3-5-7-16/h3-13,21,31H,1-2H3. The van der Waals surface area contributed by atoms with Crippen LogP contribution in [0.5, 0.6) is 0 Å². The number of aliphatic hydroxyl groups excluding tert-OH is 1. The number of aryl methyl sites for hydroxylation is 2. The summed E-state index contributed by atoms with van der Waals surface area (Å²) in [6, 6.07) is 17.1. The SMILES string of the molecule is Cc1ccc(C2C(C(=O)c3sc(-c4ccccc4)nc3C)=C(O)C(=O)N2c2ccc(F)cc2)o1. The van der Waals surface area contributed by atoms with Gasteiger partial charge >= 0.3 is 0 Å². The van der Waals surface area contributed by atoms with Crippen molar-refractivity contribution in [1.82, 2.24) is 4.98 Å². The minimum Gasteiger partial charge on any atom is -0.503 e. The second kappa shape index (κ2) is 8.39. The van der Waals surface area contributed by atoms with Gasteiger partial charge in [0.05, 0.1) is 16.1 Å². The zero-order valence-corrected chi connectivity index (χ0v) is 19.1. The van der Waals surface area contributed by atoms with Crippen LogP contribution in [0.3, 0.4) is 0 Å². The fourth-order valence-electron chi connectivity index (χ4n) is 4.01. The van der Waals surface area contributed by atoms with E-state index in [1.807, 2.05) is 30.3 Å². The number of ketones is 1. The average molecular weight is 475 g/mol. The van der Waals surface area contributed by atoms with Crippen LogP contribution >= 0.6 is 11.3 Å². The maximum Gasteiger partial charge on any atom is 0.294 e. The van der Waals surface area contributed by atoms with Crippen molar-refractivity contribution >= 4 is 28.7 Å². The van der Waals surface area contributed by atoms with Crippen molar-refractivity contribution in [2.75, 3.05) is 4.90 Å². The van der Waals surface area contributed by atoms with Gasteiger partial charge in [-0.1, -0.05) is 30.3 Å². The van der Waals surface area contributed by atoms with Crippen LogP contribution in [0.15, 0.2) is 82.5 Å². The number of thiazole rings is 1. The van der Waals surface area contributed by atoms with Gasteiger partial charge in [-0.2, -0.15) is 0 Å². The second-order valence-corrected chi connectivity index (χ2v) is 8.89. The van der Waals surface area contributed by atoms with E-state index >= 15 is 0 Å². The molecule has 1 unspecified atom stereocenters. The summed E-state index contributed by atoms with van der Waals surface area (Å²) in [6.45, 7) is 3.46. The van der Waals surface area contributed by atoms with E-state index in [2.05, 4.69) is 4.98 Å². The number of hydrogen-bond acceptors (Lipinski definition) is 6. The molecular formula is C26H19FN2O4S. The molecule has 8 heteroatoms. The van der Waals surface area contributed by atoms with Crippen molar-refractivity contribution in [2.24, 2.45) is 0 Å². The van der Waals surface area contributed by atoms with E-state index in [4.69, 9.17) is 4.42 Å². The Bertz CT molecular complexity index is 1440. The largest absolute Gasteiger partial charge is 0.503 e. The Morgan fingerprint density at radius 2 is 1.76 bits per heavy atom. The molecule has 2 aromatic heterocycles. The highest BCUT2D eigenvalue weighted by Crippen LogP contribution is 2.43. The number of rotatable bonds is 5. The van der Waals surface area contributed by atoms with Crippen molar-refractivity contribution in [3.63, 3.8) is 0 Å². The number of Topliss-reactive ketones (excluding diaryl/α,β-unsaturated/α-hetero) is 1. The van der Waals surface area contributed by atoms with Crippen molar-refractivity contribution < 1.29 is 23.5 Å². The minimum atomic E-state index is -1.01. The number of nitrogens with zero attached hydrogens (tertiary/aromatic N) is 2. The maximum atomic E-state index is 13.8. The van der Waals surface area contributed by atoms with E-state index in [0.717, 1.165) is 5.56 Å². The number of amides is 1. The highest BCUT2D eigenvalue weighted by molar-refractivity contribution is 7.17. The van der Waals surface area contributed by atoms with Crippen molar-refractivity contribution in [3.8, 4) is 10.6 Å². The predicted molar refractivity (Wildman–Crippen MR) is 126 cm³/mol. The van der Waals surface area contributed by atoms with Crippen LogP contribution in [0.4, 0.5) is 10.1 Å². The lowest BCUT2D eigenvalue weighted by Gasteiger charge is -2.25. The summed E-state index contributed by atoms with van der Waals surface area (Å²) < 4.78 is 19.3. The molecule has 0 aliphatic carbocycles. The summed E-state index contributed by atoms with van der Waals surface area (Å²) in [7, 11) is 0. The number of hydrogen-bond donors (Lipinski definition) is 1. The van der Waals surface area contributed by atoms with Crippen molar-refractivity contribution in [1.29, 1.82) is 0 Å². The smallest absolute Gasteiger partial charge is 0.294 e. The third-order valence-electron chi connectivity index (χ3n) is 5.61. The molecule has 3 heterocycles. The molecule has 2 aromatic carbocycles. The highest BCUT2D eigenvalue weighted by Gasteiger charge is 2.46. The molecule has 0 radical (unpaired) electrons. The Balaban J connectivity index is 1.62. The first kappa shape index (κ1) is 21.8. The molecule has 170 valence electrons. The molecule has 0 spiro atoms. The first-order chi connectivity index (χ1) is 16.3. The van der Waals surface area contributed by atoms with Crippen LogP contribution in [0.2, 0.25) is 0 Å². The quantitative estimate of drug-likeness (QED) is 0.362. The van der Waals surface area contributed by atoms with Gasteiger partial charge in [-0.05, 0) is 50.2 Å². The lowest BCUT2D eigenvalue weighted by Crippen LogP contribution is -2.30. The topological polar surface area (TPSA) is 83.6 Å². The molecule has 0 saturated heterocycles. The van der Waals surface area contributed by atoms with Gasteiger partial charge in [0.1, 0.15) is 28.4 Å². The number of aromatic nitrogens is 1. The van der Waals surface area contributed by atoms with E-state index in [9.17, 15) is 19.1 Å². The van der Waals surface area contributed by atoms with E-state index in [1.165, 1.54) is 40.5 Å². The average Bonchev–Trinajstić information content (AvgIpc) is 3.51. The highest BCUT2D eigenvalue weighted by atomic mass is 32.1. The summed E-state index contributed by atoms with van der Waals surface area (Å²) in [4.78, 5) is 33.0. The molecule has 6 nitrogen and oxygen atoms in total. The molecule has 0 saturated carbocycles. The molecule has 1 amide bonds. The van der Waals surface area contributed by atoms with E-state index in [0.29, 0.717) is 32.8 Å². The van der Waals surface area contributed by atoms with E-state index in [1.54, 1.807) is 26.0 Å². The molecular weight excluding hydrogens is 455 g/mol. The Labute approximate surface area is 198 Å². The maximum absolute atomic E-state index is 13.8. The summed E-state index contributed by atoms with van der Waals surface area (Å²) in [5, 5.41) is 11.5. The minimum absolute atomic E-state index is 0.102. The van der Waals surface area contributed by atoms with Gasteiger partial charge in [-0.25, -0.2) is 9.37 Å².